The number of nitrogens with two attached hydrogens (primary N) is 1. The Morgan fingerprint density at radius 2 is 2.00 bits per heavy atom. The van der Waals surface area contributed by atoms with E-state index in [2.05, 4.69) is 15.5 Å². The van der Waals surface area contributed by atoms with Gasteiger partial charge in [0.1, 0.15) is 5.75 Å². The molecule has 3 heterocycles. The van der Waals surface area contributed by atoms with Crippen LogP contribution in [-0.2, 0) is 0 Å². The number of likely N-dealkylation sites (tertiary alicyclic amines) is 1. The van der Waals surface area contributed by atoms with Crippen molar-refractivity contribution in [3.63, 3.8) is 0 Å². The van der Waals surface area contributed by atoms with Gasteiger partial charge in [0, 0.05) is 48.8 Å². The Morgan fingerprint density at radius 3 is 2.70 bits per heavy atom. The molecule has 2 aliphatic rings. The molecular weight excluding hydrogens is 296 g/mol. The molecule has 1 saturated heterocycles. The second-order valence-corrected chi connectivity index (χ2v) is 5.87. The fourth-order valence-corrected chi connectivity index (χ4v) is 3.24. The summed E-state index contributed by atoms with van der Waals surface area (Å²) in [6.07, 6.45) is 4.45. The standard InChI is InChI=1S/C16H18N4O3/c17-11-3-6-20(9-11)16(10-1-4-18-5-2-10)12-7-14-15(8-13(12)21)23-19-22-14/h1-2,4-5,7-8,11,16,19,21H,3,6,9,17H2/t11-,16?/m1/s1. The van der Waals surface area contributed by atoms with Crippen molar-refractivity contribution in [2.24, 2.45) is 5.73 Å². The zero-order chi connectivity index (χ0) is 15.8. The molecule has 0 radical (unpaired) electrons. The first-order chi connectivity index (χ1) is 11.2. The van der Waals surface area contributed by atoms with E-state index in [0.29, 0.717) is 11.5 Å². The summed E-state index contributed by atoms with van der Waals surface area (Å²) in [6, 6.07) is 7.32. The van der Waals surface area contributed by atoms with E-state index in [0.717, 1.165) is 30.6 Å². The molecule has 7 nitrogen and oxygen atoms in total. The number of nitrogens with one attached hydrogen (secondary N) is 1. The van der Waals surface area contributed by atoms with E-state index in [-0.39, 0.29) is 17.8 Å². The summed E-state index contributed by atoms with van der Waals surface area (Å²) >= 11 is 0. The van der Waals surface area contributed by atoms with Gasteiger partial charge >= 0.3 is 0 Å². The van der Waals surface area contributed by atoms with Gasteiger partial charge in [-0.1, -0.05) is 0 Å². The van der Waals surface area contributed by atoms with E-state index in [1.165, 1.54) is 0 Å². The van der Waals surface area contributed by atoms with Gasteiger partial charge in [-0.15, -0.1) is 0 Å². The molecule has 0 saturated carbocycles. The quantitative estimate of drug-likeness (QED) is 0.781. The maximum atomic E-state index is 10.5. The zero-order valence-corrected chi connectivity index (χ0v) is 12.5. The molecule has 1 aromatic carbocycles. The van der Waals surface area contributed by atoms with Gasteiger partial charge in [0.15, 0.2) is 11.5 Å². The largest absolute Gasteiger partial charge is 0.507 e. The van der Waals surface area contributed by atoms with Crippen LogP contribution in [0.4, 0.5) is 0 Å². The van der Waals surface area contributed by atoms with E-state index >= 15 is 0 Å². The lowest BCUT2D eigenvalue weighted by molar-refractivity contribution is 0.0259. The highest BCUT2D eigenvalue weighted by Crippen LogP contribution is 2.42. The minimum absolute atomic E-state index is 0.110. The predicted octanol–water partition coefficient (Wildman–Crippen LogP) is 1.10. The second kappa shape index (κ2) is 5.69. The van der Waals surface area contributed by atoms with Gasteiger partial charge in [-0.25, -0.2) is 0 Å². The van der Waals surface area contributed by atoms with Gasteiger partial charge < -0.3 is 20.5 Å². The van der Waals surface area contributed by atoms with Crippen molar-refractivity contribution < 1.29 is 14.8 Å². The molecule has 0 aliphatic carbocycles. The zero-order valence-electron chi connectivity index (χ0n) is 12.5. The topological polar surface area (TPSA) is 92.9 Å². The van der Waals surface area contributed by atoms with Gasteiger partial charge in [-0.2, -0.15) is 0 Å². The molecule has 1 unspecified atom stereocenters. The number of nitrogens with zero attached hydrogens (tertiary/aromatic N) is 2. The van der Waals surface area contributed by atoms with Crippen molar-refractivity contribution in [2.45, 2.75) is 18.5 Å². The number of hydrogen-bond acceptors (Lipinski definition) is 7. The molecule has 23 heavy (non-hydrogen) atoms. The fourth-order valence-electron chi connectivity index (χ4n) is 3.24. The Morgan fingerprint density at radius 1 is 1.26 bits per heavy atom. The van der Waals surface area contributed by atoms with Gasteiger partial charge in [0.25, 0.3) is 0 Å². The molecule has 1 aromatic heterocycles. The Balaban J connectivity index is 1.79. The number of hydrogen-bond donors (Lipinski definition) is 3. The number of benzene rings is 1. The van der Waals surface area contributed by atoms with Crippen LogP contribution in [0, 0.1) is 0 Å². The first-order valence-electron chi connectivity index (χ1n) is 7.57. The number of aromatic nitrogens is 1. The van der Waals surface area contributed by atoms with E-state index in [1.54, 1.807) is 24.5 Å². The lowest BCUT2D eigenvalue weighted by atomic mass is 9.96. The van der Waals surface area contributed by atoms with Crippen molar-refractivity contribution >= 4 is 0 Å². The van der Waals surface area contributed by atoms with Crippen LogP contribution >= 0.6 is 0 Å². The van der Waals surface area contributed by atoms with Crippen molar-refractivity contribution in [2.75, 3.05) is 13.1 Å². The van der Waals surface area contributed by atoms with Crippen LogP contribution in [0.15, 0.2) is 36.7 Å². The number of pyridine rings is 1. The fraction of sp³-hybridized carbons (Fsp3) is 0.312. The smallest absolute Gasteiger partial charge is 0.199 e. The average Bonchev–Trinajstić information content (AvgIpc) is 3.18. The summed E-state index contributed by atoms with van der Waals surface area (Å²) in [5.41, 5.74) is 10.2. The first kappa shape index (κ1) is 14.3. The second-order valence-electron chi connectivity index (χ2n) is 5.87. The van der Waals surface area contributed by atoms with Crippen molar-refractivity contribution in [1.29, 1.82) is 0 Å². The Bertz CT molecular complexity index is 710. The molecule has 2 aromatic rings. The van der Waals surface area contributed by atoms with Gasteiger partial charge in [-0.3, -0.25) is 9.88 Å². The molecule has 1 fully saturated rings. The third-order valence-electron chi connectivity index (χ3n) is 4.33. The van der Waals surface area contributed by atoms with Crippen LogP contribution in [-0.4, -0.2) is 34.1 Å². The van der Waals surface area contributed by atoms with Crippen LogP contribution in [0.25, 0.3) is 0 Å². The highest BCUT2D eigenvalue weighted by molar-refractivity contribution is 5.53. The van der Waals surface area contributed by atoms with Crippen molar-refractivity contribution in [1.82, 2.24) is 15.5 Å². The maximum Gasteiger partial charge on any atom is 0.199 e. The highest BCUT2D eigenvalue weighted by atomic mass is 16.9. The molecule has 4 rings (SSSR count). The average molecular weight is 314 g/mol. The normalized spacial score (nSPS) is 21.5. The number of phenolic OH excluding ortho intramolecular Hbond substituents is 1. The molecule has 120 valence electrons. The van der Waals surface area contributed by atoms with Crippen LogP contribution in [0.1, 0.15) is 23.6 Å². The van der Waals surface area contributed by atoms with Gasteiger partial charge in [0.05, 0.1) is 6.04 Å². The number of aromatic hydroxyl groups is 1. The third kappa shape index (κ3) is 2.59. The lowest BCUT2D eigenvalue weighted by Gasteiger charge is -2.29. The van der Waals surface area contributed by atoms with Crippen LogP contribution in [0.5, 0.6) is 17.2 Å². The predicted molar refractivity (Wildman–Crippen MR) is 82.7 cm³/mol. The number of rotatable bonds is 3. The summed E-state index contributed by atoms with van der Waals surface area (Å²) < 4.78 is 0. The molecule has 2 aliphatic heterocycles. The number of fused-ring (bicyclic) bond motifs is 1. The van der Waals surface area contributed by atoms with Crippen molar-refractivity contribution in [3.05, 3.63) is 47.8 Å². The van der Waals surface area contributed by atoms with E-state index < -0.39 is 0 Å². The molecule has 4 N–H and O–H groups in total. The molecular formula is C16H18N4O3. The highest BCUT2D eigenvalue weighted by Gasteiger charge is 2.32. The molecule has 0 bridgehead atoms. The van der Waals surface area contributed by atoms with Crippen LogP contribution in [0.2, 0.25) is 0 Å². The number of phenols is 1. The summed E-state index contributed by atoms with van der Waals surface area (Å²) in [7, 11) is 0. The molecule has 0 amide bonds. The van der Waals surface area contributed by atoms with Crippen molar-refractivity contribution in [3.8, 4) is 17.2 Å². The van der Waals surface area contributed by atoms with E-state index in [4.69, 9.17) is 15.4 Å². The summed E-state index contributed by atoms with van der Waals surface area (Å²) in [5.74, 6) is 1.19. The van der Waals surface area contributed by atoms with Gasteiger partial charge in [-0.05, 0) is 30.2 Å². The van der Waals surface area contributed by atoms with Crippen LogP contribution < -0.4 is 21.1 Å². The van der Waals surface area contributed by atoms with E-state index in [9.17, 15) is 5.11 Å². The maximum absolute atomic E-state index is 10.5. The molecule has 2 atom stereocenters. The lowest BCUT2D eigenvalue weighted by Crippen LogP contribution is -2.31. The van der Waals surface area contributed by atoms with E-state index in [1.807, 2.05) is 12.1 Å². The third-order valence-corrected chi connectivity index (χ3v) is 4.33. The Kier molecular flexibility index (Phi) is 3.53. The molecule has 7 heteroatoms. The van der Waals surface area contributed by atoms with Crippen LogP contribution in [0.3, 0.4) is 0 Å². The Hall–Kier alpha value is -2.35. The summed E-state index contributed by atoms with van der Waals surface area (Å²) in [4.78, 5) is 16.7. The summed E-state index contributed by atoms with van der Waals surface area (Å²) in [6.45, 7) is 1.65. The SMILES string of the molecule is N[C@@H]1CCN(C(c2ccncc2)c2cc3c(cc2O)ONO3)C1. The summed E-state index contributed by atoms with van der Waals surface area (Å²) in [5, 5.41) is 10.5. The Labute approximate surface area is 133 Å². The monoisotopic (exact) mass is 314 g/mol. The van der Waals surface area contributed by atoms with Gasteiger partial charge in [0.2, 0.25) is 0 Å². The minimum Gasteiger partial charge on any atom is -0.507 e. The molecule has 0 spiro atoms. The minimum atomic E-state index is -0.110. The first-order valence-corrected chi connectivity index (χ1v) is 7.57.